The molecule has 1 saturated carbocycles. The summed E-state index contributed by atoms with van der Waals surface area (Å²) < 4.78 is 53.1. The Morgan fingerprint density at radius 3 is 2.49 bits per heavy atom. The minimum Gasteiger partial charge on any atom is -0.370 e. The number of carbonyl (C=O) groups excluding carboxylic acids is 1. The van der Waals surface area contributed by atoms with E-state index in [1.165, 1.54) is 18.2 Å². The molecule has 2 aromatic carbocycles. The van der Waals surface area contributed by atoms with E-state index in [0.717, 1.165) is 11.1 Å². The molecule has 8 heteroatoms. The third-order valence-corrected chi connectivity index (χ3v) is 6.50. The summed E-state index contributed by atoms with van der Waals surface area (Å²) in [6.07, 6.45) is -1.26. The predicted molar refractivity (Wildman–Crippen MR) is 125 cm³/mol. The van der Waals surface area contributed by atoms with Crippen molar-refractivity contribution < 1.29 is 32.5 Å². The van der Waals surface area contributed by atoms with Gasteiger partial charge in [-0.1, -0.05) is 35.9 Å². The molecule has 2 aromatic rings. The molecular weight excluding hydrogens is 456 g/mol. The van der Waals surface area contributed by atoms with Gasteiger partial charge in [0.2, 0.25) is 0 Å². The third kappa shape index (κ3) is 5.72. The van der Waals surface area contributed by atoms with Crippen LogP contribution in [-0.4, -0.2) is 42.2 Å². The molecule has 1 aliphatic carbocycles. The summed E-state index contributed by atoms with van der Waals surface area (Å²) in [6.45, 7) is 7.75. The summed E-state index contributed by atoms with van der Waals surface area (Å²) in [7, 11) is 0. The highest BCUT2D eigenvalue weighted by molar-refractivity contribution is 5.85. The van der Waals surface area contributed by atoms with Crippen molar-refractivity contribution in [2.24, 2.45) is 0 Å². The highest BCUT2D eigenvalue weighted by atomic mass is 19.1. The second-order valence-corrected chi connectivity index (χ2v) is 9.73. The zero-order valence-electron chi connectivity index (χ0n) is 20.6. The van der Waals surface area contributed by atoms with Crippen molar-refractivity contribution in [3.05, 3.63) is 70.8 Å². The van der Waals surface area contributed by atoms with E-state index >= 15 is 0 Å². The lowest BCUT2D eigenvalue weighted by Crippen LogP contribution is -2.60. The fraction of sp³-hybridized carbons (Fsp3) is 0.519. The number of halogens is 2. The second-order valence-electron chi connectivity index (χ2n) is 9.73. The van der Waals surface area contributed by atoms with Crippen molar-refractivity contribution >= 4 is 5.91 Å². The Morgan fingerprint density at radius 2 is 1.80 bits per heavy atom. The first kappa shape index (κ1) is 25.7. The molecule has 0 unspecified atom stereocenters. The van der Waals surface area contributed by atoms with Gasteiger partial charge in [0.25, 0.3) is 5.91 Å². The maximum Gasteiger partial charge on any atom is 0.252 e. The van der Waals surface area contributed by atoms with Crippen LogP contribution in [0.2, 0.25) is 0 Å². The van der Waals surface area contributed by atoms with Crippen molar-refractivity contribution in [3.8, 4) is 0 Å². The van der Waals surface area contributed by atoms with Crippen molar-refractivity contribution in [2.75, 3.05) is 6.54 Å². The largest absolute Gasteiger partial charge is 0.370 e. The maximum absolute atomic E-state index is 14.3. The van der Waals surface area contributed by atoms with Crippen molar-refractivity contribution in [2.45, 2.75) is 83.5 Å². The van der Waals surface area contributed by atoms with Gasteiger partial charge in [0.1, 0.15) is 17.7 Å². The molecule has 1 amide bonds. The predicted octanol–water partition coefficient (Wildman–Crippen LogP) is 4.56. The number of amides is 1. The fourth-order valence-electron chi connectivity index (χ4n) is 4.91. The number of benzene rings is 2. The first-order chi connectivity index (χ1) is 16.6. The standard InChI is InChI=1S/C27H33F2NO5/c1-5-30-25(31)27(33-15-18-9-6-8-17(2)12-18)13-22(24-23(14-27)34-26(3,4)35-24)32-16-19-20(28)10-7-11-21(19)29/h6-12,22-24H,5,13-16H2,1-4H3,(H,30,31)/t22-,23-,24+,27-/m1/s1. The third-order valence-electron chi connectivity index (χ3n) is 6.50. The van der Waals surface area contributed by atoms with Crippen molar-refractivity contribution in [3.63, 3.8) is 0 Å². The summed E-state index contributed by atoms with van der Waals surface area (Å²) in [5.41, 5.74) is 0.593. The van der Waals surface area contributed by atoms with Gasteiger partial charge in [0, 0.05) is 24.9 Å². The number of hydrogen-bond donors (Lipinski definition) is 1. The van der Waals surface area contributed by atoms with Crippen LogP contribution in [0.15, 0.2) is 42.5 Å². The van der Waals surface area contributed by atoms with E-state index in [1.54, 1.807) is 13.8 Å². The molecule has 190 valence electrons. The Labute approximate surface area is 204 Å². The van der Waals surface area contributed by atoms with Crippen molar-refractivity contribution in [1.29, 1.82) is 0 Å². The highest BCUT2D eigenvalue weighted by Gasteiger charge is 2.58. The van der Waals surface area contributed by atoms with Gasteiger partial charge in [-0.15, -0.1) is 0 Å². The highest BCUT2D eigenvalue weighted by Crippen LogP contribution is 2.44. The summed E-state index contributed by atoms with van der Waals surface area (Å²) in [4.78, 5) is 13.4. The van der Waals surface area contributed by atoms with E-state index in [9.17, 15) is 13.6 Å². The molecule has 2 fully saturated rings. The van der Waals surface area contributed by atoms with Crippen LogP contribution in [0.4, 0.5) is 8.78 Å². The maximum atomic E-state index is 14.3. The summed E-state index contributed by atoms with van der Waals surface area (Å²) in [5, 5.41) is 2.88. The molecule has 1 aliphatic heterocycles. The van der Waals surface area contributed by atoms with Crippen molar-refractivity contribution in [1.82, 2.24) is 5.32 Å². The number of carbonyl (C=O) groups is 1. The molecule has 1 saturated heterocycles. The van der Waals surface area contributed by atoms with Crippen LogP contribution in [0, 0.1) is 18.6 Å². The van der Waals surface area contributed by atoms with Crippen LogP contribution >= 0.6 is 0 Å². The monoisotopic (exact) mass is 489 g/mol. The molecular formula is C27H33F2NO5. The smallest absolute Gasteiger partial charge is 0.252 e. The molecule has 0 spiro atoms. The number of fused-ring (bicyclic) bond motifs is 1. The normalized spacial score (nSPS) is 27.4. The quantitative estimate of drug-likeness (QED) is 0.589. The molecule has 0 bridgehead atoms. The summed E-state index contributed by atoms with van der Waals surface area (Å²) >= 11 is 0. The molecule has 0 radical (unpaired) electrons. The Morgan fingerprint density at radius 1 is 1.09 bits per heavy atom. The first-order valence-corrected chi connectivity index (χ1v) is 12.0. The SMILES string of the molecule is CCNC(=O)[C@@]1(OCc2cccc(C)c2)C[C@@H](OCc2c(F)cccc2F)[C@@H]2OC(C)(C)O[C@@H]2C1. The average Bonchev–Trinajstić information content (AvgIpc) is 3.11. The molecule has 1 N–H and O–H groups in total. The number of ether oxygens (including phenoxy) is 4. The lowest BCUT2D eigenvalue weighted by molar-refractivity contribution is -0.183. The van der Waals surface area contributed by atoms with E-state index in [4.69, 9.17) is 18.9 Å². The topological polar surface area (TPSA) is 66.0 Å². The number of likely N-dealkylation sites (N-methyl/N-ethyl adjacent to an activating group) is 1. The van der Waals surface area contributed by atoms with Crippen LogP contribution in [0.5, 0.6) is 0 Å². The van der Waals surface area contributed by atoms with Crippen LogP contribution < -0.4 is 5.32 Å². The van der Waals surface area contributed by atoms with E-state index in [2.05, 4.69) is 5.32 Å². The zero-order valence-corrected chi connectivity index (χ0v) is 20.6. The molecule has 4 atom stereocenters. The molecule has 4 rings (SSSR count). The van der Waals surface area contributed by atoms with Gasteiger partial charge in [-0.25, -0.2) is 8.78 Å². The number of nitrogens with one attached hydrogen (secondary N) is 1. The van der Waals surface area contributed by atoms with Crippen LogP contribution in [0.3, 0.4) is 0 Å². The van der Waals surface area contributed by atoms with Crippen LogP contribution in [0.1, 0.15) is 50.3 Å². The van der Waals surface area contributed by atoms with Gasteiger partial charge in [-0.3, -0.25) is 4.79 Å². The van der Waals surface area contributed by atoms with Crippen LogP contribution in [0.25, 0.3) is 0 Å². The molecule has 35 heavy (non-hydrogen) atoms. The van der Waals surface area contributed by atoms with Gasteiger partial charge in [-0.05, 0) is 45.4 Å². The Balaban J connectivity index is 1.62. The van der Waals surface area contributed by atoms with Gasteiger partial charge in [0.15, 0.2) is 11.4 Å². The van der Waals surface area contributed by atoms with Gasteiger partial charge < -0.3 is 24.3 Å². The average molecular weight is 490 g/mol. The molecule has 2 aliphatic rings. The molecule has 1 heterocycles. The van der Waals surface area contributed by atoms with Crippen LogP contribution in [-0.2, 0) is 37.0 Å². The Kier molecular flexibility index (Phi) is 7.57. The number of hydrogen-bond acceptors (Lipinski definition) is 5. The van der Waals surface area contributed by atoms with E-state index in [0.29, 0.717) is 6.54 Å². The number of rotatable bonds is 8. The first-order valence-electron chi connectivity index (χ1n) is 12.0. The Bertz CT molecular complexity index is 1040. The van der Waals surface area contributed by atoms with E-state index in [-0.39, 0.29) is 37.5 Å². The lowest BCUT2D eigenvalue weighted by atomic mass is 9.78. The molecule has 0 aromatic heterocycles. The minimum absolute atomic E-state index is 0.154. The summed E-state index contributed by atoms with van der Waals surface area (Å²) in [5.74, 6) is -2.54. The zero-order chi connectivity index (χ0) is 25.2. The van der Waals surface area contributed by atoms with Gasteiger partial charge >= 0.3 is 0 Å². The Hall–Kier alpha value is -2.39. The van der Waals surface area contributed by atoms with Gasteiger partial charge in [-0.2, -0.15) is 0 Å². The fourth-order valence-corrected chi connectivity index (χ4v) is 4.91. The van der Waals surface area contributed by atoms with E-state index in [1.807, 2.05) is 38.1 Å². The minimum atomic E-state index is -1.26. The number of aryl methyl sites for hydroxylation is 1. The second kappa shape index (κ2) is 10.3. The van der Waals surface area contributed by atoms with E-state index < -0.39 is 41.3 Å². The van der Waals surface area contributed by atoms with Gasteiger partial charge in [0.05, 0.1) is 25.4 Å². The molecule has 6 nitrogen and oxygen atoms in total. The lowest BCUT2D eigenvalue weighted by Gasteiger charge is -2.43. The summed E-state index contributed by atoms with van der Waals surface area (Å²) in [6, 6.07) is 11.6.